The molecule has 1 aliphatic rings. The predicted octanol–water partition coefficient (Wildman–Crippen LogP) is 2.14. The number of ether oxygens (including phenoxy) is 1. The van der Waals surface area contributed by atoms with Crippen molar-refractivity contribution < 1.29 is 9.53 Å². The summed E-state index contributed by atoms with van der Waals surface area (Å²) in [6.45, 7) is 16.7. The third-order valence-electron chi connectivity index (χ3n) is 3.22. The molecule has 1 atom stereocenters. The molecule has 1 aliphatic heterocycles. The molecule has 0 aromatic heterocycles. The molecule has 19 heavy (non-hydrogen) atoms. The van der Waals surface area contributed by atoms with E-state index in [0.717, 1.165) is 32.8 Å². The smallest absolute Gasteiger partial charge is 0.222 e. The van der Waals surface area contributed by atoms with Crippen molar-refractivity contribution in [2.24, 2.45) is 11.8 Å². The van der Waals surface area contributed by atoms with Gasteiger partial charge in [0.2, 0.25) is 5.91 Å². The predicted molar refractivity (Wildman–Crippen MR) is 80.2 cm³/mol. The fourth-order valence-corrected chi connectivity index (χ4v) is 1.83. The minimum atomic E-state index is 0.0564. The zero-order valence-electron chi connectivity index (χ0n) is 13.5. The molecule has 1 heterocycles. The lowest BCUT2D eigenvalue weighted by Crippen LogP contribution is -2.50. The van der Waals surface area contributed by atoms with Crippen LogP contribution in [0.4, 0.5) is 0 Å². The van der Waals surface area contributed by atoms with Crippen molar-refractivity contribution in [3.05, 3.63) is 0 Å². The molecule has 0 aromatic rings. The first-order valence-corrected chi connectivity index (χ1v) is 7.61. The van der Waals surface area contributed by atoms with Gasteiger partial charge >= 0.3 is 0 Å². The molecular weight excluding hydrogens is 240 g/mol. The van der Waals surface area contributed by atoms with Gasteiger partial charge in [-0.2, -0.15) is 0 Å². The number of rotatable bonds is 5. The Bertz CT molecular complexity index is 236. The highest BCUT2D eigenvalue weighted by molar-refractivity contribution is 5.78. The van der Waals surface area contributed by atoms with Gasteiger partial charge in [-0.3, -0.25) is 9.69 Å². The summed E-state index contributed by atoms with van der Waals surface area (Å²) in [4.78, 5) is 14.1. The van der Waals surface area contributed by atoms with Gasteiger partial charge < -0.3 is 10.1 Å². The number of hydrogen-bond acceptors (Lipinski definition) is 3. The molecule has 1 saturated heterocycles. The summed E-state index contributed by atoms with van der Waals surface area (Å²) >= 11 is 0. The molecule has 0 aliphatic carbocycles. The van der Waals surface area contributed by atoms with Crippen molar-refractivity contribution in [2.45, 2.75) is 47.6 Å². The third kappa shape index (κ3) is 7.53. The Hall–Kier alpha value is -0.610. The van der Waals surface area contributed by atoms with Crippen LogP contribution >= 0.6 is 0 Å². The number of amides is 1. The van der Waals surface area contributed by atoms with Crippen LogP contribution in [-0.4, -0.2) is 49.7 Å². The van der Waals surface area contributed by atoms with E-state index in [2.05, 4.69) is 24.1 Å². The molecule has 114 valence electrons. The average molecular weight is 272 g/mol. The van der Waals surface area contributed by atoms with Gasteiger partial charge in [0.1, 0.15) is 0 Å². The minimum Gasteiger partial charge on any atom is -0.379 e. The van der Waals surface area contributed by atoms with Gasteiger partial charge in [0, 0.05) is 31.6 Å². The summed E-state index contributed by atoms with van der Waals surface area (Å²) in [5, 5.41) is 3.14. The molecule has 0 aromatic carbocycles. The van der Waals surface area contributed by atoms with Crippen LogP contribution in [0, 0.1) is 11.8 Å². The van der Waals surface area contributed by atoms with Crippen molar-refractivity contribution in [2.75, 3.05) is 32.8 Å². The number of carbonyl (C=O) groups excluding carboxylic acids is 1. The number of hydrogen-bond donors (Lipinski definition) is 1. The highest BCUT2D eigenvalue weighted by Crippen LogP contribution is 2.07. The fraction of sp³-hybridized carbons (Fsp3) is 0.933. The van der Waals surface area contributed by atoms with Gasteiger partial charge in [-0.15, -0.1) is 0 Å². The van der Waals surface area contributed by atoms with Gasteiger partial charge in [-0.1, -0.05) is 41.5 Å². The van der Waals surface area contributed by atoms with Crippen molar-refractivity contribution in [3.63, 3.8) is 0 Å². The topological polar surface area (TPSA) is 41.6 Å². The van der Waals surface area contributed by atoms with E-state index in [1.54, 1.807) is 0 Å². The molecule has 1 amide bonds. The number of morpholine rings is 1. The largest absolute Gasteiger partial charge is 0.379 e. The van der Waals surface area contributed by atoms with E-state index in [0.29, 0.717) is 5.92 Å². The van der Waals surface area contributed by atoms with Crippen LogP contribution in [0.25, 0.3) is 0 Å². The van der Waals surface area contributed by atoms with Crippen molar-refractivity contribution >= 4 is 5.91 Å². The zero-order chi connectivity index (χ0) is 14.8. The maximum absolute atomic E-state index is 11.7. The normalized spacial score (nSPS) is 17.9. The van der Waals surface area contributed by atoms with Crippen molar-refractivity contribution in [1.82, 2.24) is 10.2 Å². The summed E-state index contributed by atoms with van der Waals surface area (Å²) in [5.74, 6) is 0.665. The van der Waals surface area contributed by atoms with Crippen molar-refractivity contribution in [3.8, 4) is 0 Å². The maximum atomic E-state index is 11.7. The molecule has 1 rings (SSSR count). The molecule has 0 saturated carbocycles. The molecule has 0 bridgehead atoms. The first-order chi connectivity index (χ1) is 9.00. The molecule has 1 N–H and O–H groups in total. The van der Waals surface area contributed by atoms with Gasteiger partial charge in [-0.25, -0.2) is 0 Å². The number of nitrogens with zero attached hydrogens (tertiary/aromatic N) is 1. The highest BCUT2D eigenvalue weighted by atomic mass is 16.5. The van der Waals surface area contributed by atoms with Crippen LogP contribution in [-0.2, 0) is 9.53 Å². The molecule has 1 unspecified atom stereocenters. The zero-order valence-corrected chi connectivity index (χ0v) is 13.5. The Morgan fingerprint density at radius 3 is 2.11 bits per heavy atom. The van der Waals surface area contributed by atoms with E-state index in [1.165, 1.54) is 0 Å². The van der Waals surface area contributed by atoms with Crippen LogP contribution in [0.3, 0.4) is 0 Å². The van der Waals surface area contributed by atoms with E-state index < -0.39 is 0 Å². The van der Waals surface area contributed by atoms with Gasteiger partial charge in [0.25, 0.3) is 0 Å². The average Bonchev–Trinajstić information content (AvgIpc) is 2.41. The van der Waals surface area contributed by atoms with Crippen LogP contribution in [0.5, 0.6) is 0 Å². The molecule has 4 nitrogen and oxygen atoms in total. The Morgan fingerprint density at radius 1 is 1.16 bits per heavy atom. The lowest BCUT2D eigenvalue weighted by Gasteiger charge is -2.32. The van der Waals surface area contributed by atoms with E-state index in [1.807, 2.05) is 27.7 Å². The minimum absolute atomic E-state index is 0.0564. The SMILES string of the molecule is CC.CC(C)C(=O)NC(CN1CCOCC1)C(C)C. The Kier molecular flexibility index (Phi) is 9.88. The lowest BCUT2D eigenvalue weighted by atomic mass is 10.0. The monoisotopic (exact) mass is 272 g/mol. The summed E-state index contributed by atoms with van der Waals surface area (Å²) in [5.41, 5.74) is 0. The Labute approximate surface area is 118 Å². The van der Waals surface area contributed by atoms with E-state index in [-0.39, 0.29) is 17.9 Å². The first kappa shape index (κ1) is 18.4. The molecule has 4 heteroatoms. The molecule has 0 radical (unpaired) electrons. The van der Waals surface area contributed by atoms with E-state index in [4.69, 9.17) is 4.74 Å². The summed E-state index contributed by atoms with van der Waals surface area (Å²) in [6, 6.07) is 0.239. The van der Waals surface area contributed by atoms with E-state index >= 15 is 0 Å². The molecule has 0 spiro atoms. The van der Waals surface area contributed by atoms with Gasteiger partial charge in [-0.05, 0) is 5.92 Å². The second-order valence-electron chi connectivity index (χ2n) is 5.43. The molecular formula is C15H32N2O2. The quantitative estimate of drug-likeness (QED) is 0.834. The van der Waals surface area contributed by atoms with Crippen LogP contribution < -0.4 is 5.32 Å². The summed E-state index contributed by atoms with van der Waals surface area (Å²) < 4.78 is 5.33. The fourth-order valence-electron chi connectivity index (χ4n) is 1.83. The molecule has 1 fully saturated rings. The highest BCUT2D eigenvalue weighted by Gasteiger charge is 2.21. The first-order valence-electron chi connectivity index (χ1n) is 7.61. The second-order valence-corrected chi connectivity index (χ2v) is 5.43. The van der Waals surface area contributed by atoms with Crippen molar-refractivity contribution in [1.29, 1.82) is 0 Å². The van der Waals surface area contributed by atoms with E-state index in [9.17, 15) is 4.79 Å². The summed E-state index contributed by atoms with van der Waals surface area (Å²) in [6.07, 6.45) is 0. The van der Waals surface area contributed by atoms with Crippen LogP contribution in [0.15, 0.2) is 0 Å². The third-order valence-corrected chi connectivity index (χ3v) is 3.22. The maximum Gasteiger partial charge on any atom is 0.222 e. The van der Waals surface area contributed by atoms with Crippen LogP contribution in [0.1, 0.15) is 41.5 Å². The number of nitrogens with one attached hydrogen (secondary N) is 1. The second kappa shape index (κ2) is 10.2. The number of carbonyl (C=O) groups is 1. The van der Waals surface area contributed by atoms with Crippen LogP contribution in [0.2, 0.25) is 0 Å². The standard InChI is InChI=1S/C13H26N2O2.C2H6/c1-10(2)12(14-13(16)11(3)4)9-15-5-7-17-8-6-15;1-2/h10-12H,5-9H2,1-4H3,(H,14,16);1-2H3. The summed E-state index contributed by atoms with van der Waals surface area (Å²) in [7, 11) is 0. The Balaban J connectivity index is 0.00000154. The van der Waals surface area contributed by atoms with Gasteiger partial charge in [0.15, 0.2) is 0 Å². The van der Waals surface area contributed by atoms with Gasteiger partial charge in [0.05, 0.1) is 13.2 Å². The lowest BCUT2D eigenvalue weighted by molar-refractivity contribution is -0.125. The Morgan fingerprint density at radius 2 is 1.68 bits per heavy atom.